The second kappa shape index (κ2) is 9.91. The number of esters is 1. The van der Waals surface area contributed by atoms with Gasteiger partial charge in [0.15, 0.2) is 0 Å². The first-order valence-electron chi connectivity index (χ1n) is 8.78. The van der Waals surface area contributed by atoms with Gasteiger partial charge in [-0.1, -0.05) is 91.0 Å². The fraction of sp³-hybridized carbons (Fsp3) is 0.130. The molecule has 0 aliphatic carbocycles. The number of hydrogen-bond acceptors (Lipinski definition) is 2. The summed E-state index contributed by atoms with van der Waals surface area (Å²) in [4.78, 5) is 12.9. The van der Waals surface area contributed by atoms with E-state index < -0.39 is 6.89 Å². The summed E-state index contributed by atoms with van der Waals surface area (Å²) in [5.74, 6) is -0.225. The smallest absolute Gasteiger partial charge is 0.334 e. The fourth-order valence-electron chi connectivity index (χ4n) is 3.36. The van der Waals surface area contributed by atoms with Crippen molar-refractivity contribution in [2.45, 2.75) is 13.8 Å². The maximum Gasteiger partial charge on any atom is 0.334 e. The van der Waals surface area contributed by atoms with Gasteiger partial charge >= 0.3 is 5.97 Å². The molecule has 0 aliphatic rings. The van der Waals surface area contributed by atoms with Gasteiger partial charge in [-0.05, 0) is 36.6 Å². The Kier molecular flexibility index (Phi) is 7.88. The molecule has 0 N–H and O–H groups in total. The van der Waals surface area contributed by atoms with Gasteiger partial charge in [-0.3, -0.25) is 0 Å². The first-order chi connectivity index (χ1) is 12.7. The molecule has 4 heteroatoms. The SMILES string of the molecule is CCOC(=O)C(C)=P(c1ccccc1)(c1ccccc1)c1ccccc1.I. The predicted octanol–water partition coefficient (Wildman–Crippen LogP) is 4.35. The van der Waals surface area contributed by atoms with E-state index >= 15 is 0 Å². The number of carbonyl (C=O) groups is 1. The summed E-state index contributed by atoms with van der Waals surface area (Å²) in [6, 6.07) is 31.0. The average Bonchev–Trinajstić information content (AvgIpc) is 2.71. The van der Waals surface area contributed by atoms with Gasteiger partial charge in [0.1, 0.15) is 0 Å². The third-order valence-electron chi connectivity index (χ3n) is 4.50. The molecule has 3 rings (SSSR count). The molecule has 0 saturated heterocycles. The molecule has 0 heterocycles. The van der Waals surface area contributed by atoms with Crippen molar-refractivity contribution in [1.29, 1.82) is 0 Å². The molecular weight excluding hydrogens is 466 g/mol. The third kappa shape index (κ3) is 4.20. The highest BCUT2D eigenvalue weighted by Crippen LogP contribution is 2.46. The molecule has 3 aromatic rings. The molecule has 0 aromatic heterocycles. The molecule has 140 valence electrons. The van der Waals surface area contributed by atoms with E-state index in [4.69, 9.17) is 4.74 Å². The van der Waals surface area contributed by atoms with E-state index in [1.807, 2.05) is 68.4 Å². The zero-order chi connectivity index (χ0) is 18.4. The minimum absolute atomic E-state index is 0. The van der Waals surface area contributed by atoms with Gasteiger partial charge in [0.2, 0.25) is 0 Å². The summed E-state index contributed by atoms with van der Waals surface area (Å²) < 4.78 is 5.43. The zero-order valence-corrected chi connectivity index (χ0v) is 18.8. The van der Waals surface area contributed by atoms with E-state index in [0.717, 1.165) is 21.2 Å². The second-order valence-corrected chi connectivity index (χ2v) is 9.55. The molecule has 0 saturated carbocycles. The second-order valence-electron chi connectivity index (χ2n) is 5.98. The lowest BCUT2D eigenvalue weighted by atomic mass is 10.4. The minimum Gasteiger partial charge on any atom is -0.463 e. The molecule has 2 nitrogen and oxygen atoms in total. The first-order valence-corrected chi connectivity index (χ1v) is 10.6. The van der Waals surface area contributed by atoms with Gasteiger partial charge in [0.25, 0.3) is 0 Å². The topological polar surface area (TPSA) is 26.3 Å². The monoisotopic (exact) mass is 490 g/mol. The van der Waals surface area contributed by atoms with Crippen molar-refractivity contribution in [2.75, 3.05) is 6.61 Å². The normalized spacial score (nSPS) is 10.6. The van der Waals surface area contributed by atoms with E-state index in [-0.39, 0.29) is 29.9 Å². The summed E-state index contributed by atoms with van der Waals surface area (Å²) in [6.07, 6.45) is 0. The molecule has 0 bridgehead atoms. The molecule has 27 heavy (non-hydrogen) atoms. The molecule has 0 amide bonds. The number of hydrogen-bond donors (Lipinski definition) is 0. The summed E-state index contributed by atoms with van der Waals surface area (Å²) in [7, 11) is 0. The van der Waals surface area contributed by atoms with Crippen LogP contribution in [0.25, 0.3) is 0 Å². The van der Waals surface area contributed by atoms with E-state index in [1.165, 1.54) is 0 Å². The molecule has 3 aromatic carbocycles. The van der Waals surface area contributed by atoms with Crippen LogP contribution in [0.5, 0.6) is 0 Å². The van der Waals surface area contributed by atoms with Crippen LogP contribution in [-0.4, -0.2) is 17.9 Å². The van der Waals surface area contributed by atoms with Crippen LogP contribution in [0.2, 0.25) is 0 Å². The van der Waals surface area contributed by atoms with Crippen molar-refractivity contribution in [3.63, 3.8) is 0 Å². The Bertz CT molecular complexity index is 819. The molecule has 0 atom stereocenters. The van der Waals surface area contributed by atoms with Gasteiger partial charge in [-0.2, -0.15) is 0 Å². The van der Waals surface area contributed by atoms with Crippen LogP contribution in [0, 0.1) is 0 Å². The number of ether oxygens (including phenoxy) is 1. The van der Waals surface area contributed by atoms with Gasteiger partial charge in [-0.25, -0.2) is 4.79 Å². The number of rotatable bonds is 5. The van der Waals surface area contributed by atoms with Crippen LogP contribution in [0.15, 0.2) is 91.0 Å². The molecular formula is C23H24IO2P. The Labute approximate surface area is 178 Å². The average molecular weight is 490 g/mol. The van der Waals surface area contributed by atoms with Crippen molar-refractivity contribution in [2.24, 2.45) is 0 Å². The molecule has 0 fully saturated rings. The van der Waals surface area contributed by atoms with Gasteiger partial charge in [0, 0.05) is 5.29 Å². The quantitative estimate of drug-likeness (QED) is 0.302. The molecule has 0 radical (unpaired) electrons. The van der Waals surface area contributed by atoms with E-state index in [0.29, 0.717) is 6.61 Å². The summed E-state index contributed by atoms with van der Waals surface area (Å²) in [5, 5.41) is 4.23. The van der Waals surface area contributed by atoms with Gasteiger partial charge in [-0.15, -0.1) is 24.0 Å². The van der Waals surface area contributed by atoms with Crippen LogP contribution in [0.1, 0.15) is 13.8 Å². The number of carbonyl (C=O) groups excluding carboxylic acids is 1. The Balaban J connectivity index is 0.00000261. The molecule has 0 aliphatic heterocycles. The van der Waals surface area contributed by atoms with Crippen LogP contribution in [-0.2, 0) is 9.53 Å². The maximum atomic E-state index is 12.9. The zero-order valence-electron chi connectivity index (χ0n) is 15.5. The fourth-order valence-corrected chi connectivity index (χ4v) is 7.61. The lowest BCUT2D eigenvalue weighted by Crippen LogP contribution is -2.33. The lowest BCUT2D eigenvalue weighted by Gasteiger charge is -2.31. The largest absolute Gasteiger partial charge is 0.463 e. The van der Waals surface area contributed by atoms with Crippen molar-refractivity contribution < 1.29 is 9.53 Å². The minimum atomic E-state index is -2.29. The Morgan fingerprint density at radius 2 is 1.07 bits per heavy atom. The van der Waals surface area contributed by atoms with Gasteiger partial charge in [0.05, 0.1) is 6.61 Å². The van der Waals surface area contributed by atoms with E-state index in [2.05, 4.69) is 36.4 Å². The summed E-state index contributed by atoms with van der Waals surface area (Å²) >= 11 is 0. The standard InChI is InChI=1S/C23H23O2P.HI/c1-3-25-23(24)19(2)26(20-13-7-4-8-14-20,21-15-9-5-10-16-21)22-17-11-6-12-18-22;/h4-18H,3H2,1-2H3;1H. The molecule has 0 unspecified atom stereocenters. The summed E-state index contributed by atoms with van der Waals surface area (Å²) in [6.45, 7) is 1.86. The van der Waals surface area contributed by atoms with Crippen LogP contribution < -0.4 is 15.9 Å². The Hall–Kier alpha value is -1.84. The van der Waals surface area contributed by atoms with Crippen molar-refractivity contribution in [3.05, 3.63) is 91.0 Å². The number of benzene rings is 3. The van der Waals surface area contributed by atoms with Crippen molar-refractivity contribution in [1.82, 2.24) is 0 Å². The summed E-state index contributed by atoms with van der Waals surface area (Å²) in [5.41, 5.74) is 0. The van der Waals surface area contributed by atoms with Crippen molar-refractivity contribution >= 4 is 58.0 Å². The van der Waals surface area contributed by atoms with Crippen LogP contribution >= 0.6 is 30.9 Å². The van der Waals surface area contributed by atoms with Crippen LogP contribution in [0.3, 0.4) is 0 Å². The predicted molar refractivity (Wildman–Crippen MR) is 128 cm³/mol. The van der Waals surface area contributed by atoms with Gasteiger partial charge < -0.3 is 4.74 Å². The lowest BCUT2D eigenvalue weighted by molar-refractivity contribution is -0.134. The Morgan fingerprint density at radius 1 is 0.741 bits per heavy atom. The Morgan fingerprint density at radius 3 is 1.37 bits per heavy atom. The highest BCUT2D eigenvalue weighted by molar-refractivity contribution is 14.0. The maximum absolute atomic E-state index is 12.9. The van der Waals surface area contributed by atoms with E-state index in [1.54, 1.807) is 0 Å². The first kappa shape index (κ1) is 21.5. The number of halogens is 1. The van der Waals surface area contributed by atoms with E-state index in [9.17, 15) is 4.79 Å². The van der Waals surface area contributed by atoms with Crippen LogP contribution in [0.4, 0.5) is 0 Å². The molecule has 0 spiro atoms. The highest BCUT2D eigenvalue weighted by Gasteiger charge is 2.31. The third-order valence-corrected chi connectivity index (χ3v) is 8.91. The van der Waals surface area contributed by atoms with Crippen molar-refractivity contribution in [3.8, 4) is 0 Å². The highest BCUT2D eigenvalue weighted by atomic mass is 127.